The molecule has 1 unspecified atom stereocenters. The van der Waals surface area contributed by atoms with Gasteiger partial charge in [0.05, 0.1) is 12.7 Å². The van der Waals surface area contributed by atoms with Crippen molar-refractivity contribution in [2.45, 2.75) is 19.8 Å². The number of imide groups is 1. The van der Waals surface area contributed by atoms with Crippen molar-refractivity contribution in [2.24, 2.45) is 5.92 Å². The molecule has 0 saturated carbocycles. The molecule has 102 valence electrons. The standard InChI is InChI=1S/C14H16BrNO3/c1-3-9-6-13(17)16(8-9)14(18)11-7-10(19-2)4-5-12(11)15/h4-5,7,9H,3,6,8H2,1-2H3. The lowest BCUT2D eigenvalue weighted by molar-refractivity contribution is -0.125. The minimum atomic E-state index is -0.258. The second-order valence-corrected chi connectivity index (χ2v) is 5.49. The molecule has 0 aromatic heterocycles. The van der Waals surface area contributed by atoms with Crippen molar-refractivity contribution >= 4 is 27.7 Å². The van der Waals surface area contributed by atoms with E-state index in [9.17, 15) is 9.59 Å². The maximum absolute atomic E-state index is 12.4. The number of hydrogen-bond donors (Lipinski definition) is 0. The molecule has 1 heterocycles. The van der Waals surface area contributed by atoms with E-state index in [1.807, 2.05) is 6.92 Å². The fourth-order valence-electron chi connectivity index (χ4n) is 2.19. The van der Waals surface area contributed by atoms with Crippen LogP contribution < -0.4 is 4.74 Å². The highest BCUT2D eigenvalue weighted by atomic mass is 79.9. The van der Waals surface area contributed by atoms with Crippen LogP contribution in [0.25, 0.3) is 0 Å². The Morgan fingerprint density at radius 1 is 1.53 bits per heavy atom. The first-order chi connectivity index (χ1) is 9.06. The van der Waals surface area contributed by atoms with Crippen LogP contribution in [-0.2, 0) is 4.79 Å². The van der Waals surface area contributed by atoms with Crippen LogP contribution in [-0.4, -0.2) is 30.4 Å². The van der Waals surface area contributed by atoms with Crippen LogP contribution in [0.15, 0.2) is 22.7 Å². The highest BCUT2D eigenvalue weighted by molar-refractivity contribution is 9.10. The first kappa shape index (κ1) is 14.1. The van der Waals surface area contributed by atoms with Crippen LogP contribution >= 0.6 is 15.9 Å². The van der Waals surface area contributed by atoms with E-state index in [1.54, 1.807) is 25.3 Å². The lowest BCUT2D eigenvalue weighted by Gasteiger charge is -2.16. The van der Waals surface area contributed by atoms with Crippen molar-refractivity contribution in [3.8, 4) is 5.75 Å². The lowest BCUT2D eigenvalue weighted by Crippen LogP contribution is -2.32. The van der Waals surface area contributed by atoms with Crippen molar-refractivity contribution in [1.82, 2.24) is 4.90 Å². The Hall–Kier alpha value is -1.36. The number of rotatable bonds is 3. The normalized spacial score (nSPS) is 18.8. The summed E-state index contributed by atoms with van der Waals surface area (Å²) in [6.45, 7) is 2.55. The second kappa shape index (κ2) is 5.74. The molecule has 1 atom stereocenters. The molecule has 1 aliphatic heterocycles. The smallest absolute Gasteiger partial charge is 0.261 e. The molecule has 4 nitrogen and oxygen atoms in total. The Morgan fingerprint density at radius 2 is 2.26 bits per heavy atom. The Balaban J connectivity index is 2.27. The van der Waals surface area contributed by atoms with Crippen molar-refractivity contribution in [3.63, 3.8) is 0 Å². The molecule has 0 N–H and O–H groups in total. The number of halogens is 1. The summed E-state index contributed by atoms with van der Waals surface area (Å²) in [6, 6.07) is 5.17. The number of carbonyl (C=O) groups excluding carboxylic acids is 2. The summed E-state index contributed by atoms with van der Waals surface area (Å²) >= 11 is 3.35. The molecule has 0 radical (unpaired) electrons. The third-order valence-electron chi connectivity index (χ3n) is 3.43. The predicted octanol–water partition coefficient (Wildman–Crippen LogP) is 2.86. The molecule has 5 heteroatoms. The molecule has 1 fully saturated rings. The van der Waals surface area contributed by atoms with Gasteiger partial charge in [0, 0.05) is 17.4 Å². The van der Waals surface area contributed by atoms with Crippen molar-refractivity contribution in [1.29, 1.82) is 0 Å². The first-order valence-corrected chi connectivity index (χ1v) is 7.04. The fourth-order valence-corrected chi connectivity index (χ4v) is 2.61. The van der Waals surface area contributed by atoms with E-state index in [0.29, 0.717) is 28.8 Å². The number of nitrogens with zero attached hydrogens (tertiary/aromatic N) is 1. The van der Waals surface area contributed by atoms with Crippen LogP contribution in [0, 0.1) is 5.92 Å². The number of benzene rings is 1. The van der Waals surface area contributed by atoms with Gasteiger partial charge in [-0.3, -0.25) is 14.5 Å². The summed E-state index contributed by atoms with van der Waals surface area (Å²) in [7, 11) is 1.55. The number of hydrogen-bond acceptors (Lipinski definition) is 3. The largest absolute Gasteiger partial charge is 0.497 e. The van der Waals surface area contributed by atoms with Crippen LogP contribution in [0.1, 0.15) is 30.1 Å². The minimum Gasteiger partial charge on any atom is -0.497 e. The fraction of sp³-hybridized carbons (Fsp3) is 0.429. The zero-order valence-electron chi connectivity index (χ0n) is 11.0. The molecule has 1 aromatic carbocycles. The van der Waals surface area contributed by atoms with Crippen molar-refractivity contribution in [2.75, 3.05) is 13.7 Å². The third kappa shape index (κ3) is 2.81. The lowest BCUT2D eigenvalue weighted by atomic mass is 10.1. The van der Waals surface area contributed by atoms with Crippen molar-refractivity contribution < 1.29 is 14.3 Å². The highest BCUT2D eigenvalue weighted by Gasteiger charge is 2.34. The first-order valence-electron chi connectivity index (χ1n) is 6.25. The van der Waals surface area contributed by atoms with E-state index < -0.39 is 0 Å². The number of likely N-dealkylation sites (tertiary alicyclic amines) is 1. The minimum absolute atomic E-state index is 0.0911. The summed E-state index contributed by atoms with van der Waals surface area (Å²) in [5.41, 5.74) is 0.462. The number of amides is 2. The van der Waals surface area contributed by atoms with Gasteiger partial charge in [0.25, 0.3) is 5.91 Å². The van der Waals surface area contributed by atoms with Gasteiger partial charge < -0.3 is 4.74 Å². The van der Waals surface area contributed by atoms with Crippen LogP contribution in [0.5, 0.6) is 5.75 Å². The van der Waals surface area contributed by atoms with Gasteiger partial charge in [0.2, 0.25) is 5.91 Å². The molecule has 19 heavy (non-hydrogen) atoms. The SMILES string of the molecule is CCC1CC(=O)N(C(=O)c2cc(OC)ccc2Br)C1. The van der Waals surface area contributed by atoms with E-state index in [2.05, 4.69) is 15.9 Å². The second-order valence-electron chi connectivity index (χ2n) is 4.63. The molecular weight excluding hydrogens is 310 g/mol. The zero-order valence-corrected chi connectivity index (χ0v) is 12.6. The zero-order chi connectivity index (χ0) is 14.0. The van der Waals surface area contributed by atoms with E-state index in [1.165, 1.54) is 4.90 Å². The van der Waals surface area contributed by atoms with Gasteiger partial charge in [-0.15, -0.1) is 0 Å². The van der Waals surface area contributed by atoms with Gasteiger partial charge in [0.1, 0.15) is 5.75 Å². The Kier molecular flexibility index (Phi) is 4.24. The molecule has 0 bridgehead atoms. The molecular formula is C14H16BrNO3. The average molecular weight is 326 g/mol. The predicted molar refractivity (Wildman–Crippen MR) is 75.1 cm³/mol. The quantitative estimate of drug-likeness (QED) is 0.803. The molecule has 2 amide bonds. The van der Waals surface area contributed by atoms with E-state index in [4.69, 9.17) is 4.74 Å². The van der Waals surface area contributed by atoms with E-state index >= 15 is 0 Å². The Morgan fingerprint density at radius 3 is 2.84 bits per heavy atom. The topological polar surface area (TPSA) is 46.6 Å². The van der Waals surface area contributed by atoms with Gasteiger partial charge in [-0.25, -0.2) is 0 Å². The molecule has 0 spiro atoms. The number of carbonyl (C=O) groups is 2. The van der Waals surface area contributed by atoms with Gasteiger partial charge in [-0.1, -0.05) is 13.3 Å². The molecule has 1 saturated heterocycles. The van der Waals surface area contributed by atoms with Gasteiger partial charge in [-0.05, 0) is 40.0 Å². The maximum atomic E-state index is 12.4. The maximum Gasteiger partial charge on any atom is 0.261 e. The monoisotopic (exact) mass is 325 g/mol. The molecule has 1 aromatic rings. The van der Waals surface area contributed by atoms with Gasteiger partial charge in [-0.2, -0.15) is 0 Å². The molecule has 0 aliphatic carbocycles. The Labute approximate surface area is 120 Å². The molecule has 2 rings (SSSR count). The summed E-state index contributed by atoms with van der Waals surface area (Å²) in [6.07, 6.45) is 1.37. The summed E-state index contributed by atoms with van der Waals surface area (Å²) in [5, 5.41) is 0. The number of ether oxygens (including phenoxy) is 1. The highest BCUT2D eigenvalue weighted by Crippen LogP contribution is 2.27. The summed E-state index contributed by atoms with van der Waals surface area (Å²) < 4.78 is 5.79. The number of methoxy groups -OCH3 is 1. The third-order valence-corrected chi connectivity index (χ3v) is 4.12. The van der Waals surface area contributed by atoms with Gasteiger partial charge in [0.15, 0.2) is 0 Å². The molecule has 1 aliphatic rings. The average Bonchev–Trinajstić information content (AvgIpc) is 2.80. The van der Waals surface area contributed by atoms with Crippen LogP contribution in [0.3, 0.4) is 0 Å². The van der Waals surface area contributed by atoms with Crippen LogP contribution in [0.2, 0.25) is 0 Å². The van der Waals surface area contributed by atoms with Crippen LogP contribution in [0.4, 0.5) is 0 Å². The summed E-state index contributed by atoms with van der Waals surface area (Å²) in [5.74, 6) is 0.532. The van der Waals surface area contributed by atoms with Gasteiger partial charge >= 0.3 is 0 Å². The van der Waals surface area contributed by atoms with Crippen molar-refractivity contribution in [3.05, 3.63) is 28.2 Å². The van der Waals surface area contributed by atoms with E-state index in [-0.39, 0.29) is 17.7 Å². The van der Waals surface area contributed by atoms with E-state index in [0.717, 1.165) is 6.42 Å². The summed E-state index contributed by atoms with van der Waals surface area (Å²) in [4.78, 5) is 25.7. The Bertz CT molecular complexity index is 515.